The van der Waals surface area contributed by atoms with Gasteiger partial charge < -0.3 is 14.8 Å². The predicted molar refractivity (Wildman–Crippen MR) is 137 cm³/mol. The van der Waals surface area contributed by atoms with Gasteiger partial charge >= 0.3 is 0 Å². The summed E-state index contributed by atoms with van der Waals surface area (Å²) in [5.74, 6) is 0.200. The zero-order valence-electron chi connectivity index (χ0n) is 19.4. The molecule has 0 spiro atoms. The van der Waals surface area contributed by atoms with Gasteiger partial charge in [0.05, 0.1) is 44.3 Å². The quantitative estimate of drug-likeness (QED) is 0.411. The van der Waals surface area contributed by atoms with Crippen LogP contribution in [0.25, 0.3) is 0 Å². The van der Waals surface area contributed by atoms with Gasteiger partial charge in [0, 0.05) is 10.5 Å². The standard InChI is InChI=1S/C25H27BrN2O5S/c1-17(19-10-12-20(26)13-11-19)27-25(29)21-14-23(32-2)24(33-3)15-22(21)28(34(4,30)31)16-18-8-6-5-7-9-18/h5-15,17H,16H2,1-4H3,(H,27,29)/t17-/m1/s1. The maximum atomic E-state index is 13.4. The molecule has 3 aromatic rings. The summed E-state index contributed by atoms with van der Waals surface area (Å²) in [7, 11) is -0.833. The fourth-order valence-corrected chi connectivity index (χ4v) is 4.65. The number of carbonyl (C=O) groups excluding carboxylic acids is 1. The molecule has 3 aromatic carbocycles. The van der Waals surface area contributed by atoms with E-state index in [2.05, 4.69) is 21.2 Å². The van der Waals surface area contributed by atoms with Crippen molar-refractivity contribution in [2.75, 3.05) is 24.8 Å². The van der Waals surface area contributed by atoms with Crippen LogP contribution in [0.5, 0.6) is 11.5 Å². The molecule has 0 aliphatic heterocycles. The number of halogens is 1. The number of sulfonamides is 1. The third kappa shape index (κ3) is 6.09. The lowest BCUT2D eigenvalue weighted by molar-refractivity contribution is 0.0940. The van der Waals surface area contributed by atoms with Gasteiger partial charge in [-0.05, 0) is 36.2 Å². The van der Waals surface area contributed by atoms with Crippen molar-refractivity contribution in [1.29, 1.82) is 0 Å². The number of hydrogen-bond donors (Lipinski definition) is 1. The van der Waals surface area contributed by atoms with Gasteiger partial charge in [0.15, 0.2) is 11.5 Å². The fraction of sp³-hybridized carbons (Fsp3) is 0.240. The molecular weight excluding hydrogens is 520 g/mol. The summed E-state index contributed by atoms with van der Waals surface area (Å²) in [5.41, 5.74) is 2.03. The molecule has 0 saturated heterocycles. The molecule has 9 heteroatoms. The number of nitrogens with one attached hydrogen (secondary N) is 1. The number of anilines is 1. The third-order valence-electron chi connectivity index (χ3n) is 5.30. The molecule has 0 heterocycles. The van der Waals surface area contributed by atoms with Gasteiger partial charge in [0.1, 0.15) is 0 Å². The second-order valence-electron chi connectivity index (χ2n) is 7.73. The molecule has 0 saturated carbocycles. The molecule has 0 radical (unpaired) electrons. The Morgan fingerprint density at radius 2 is 1.59 bits per heavy atom. The minimum Gasteiger partial charge on any atom is -0.493 e. The van der Waals surface area contributed by atoms with Gasteiger partial charge in [-0.15, -0.1) is 0 Å². The van der Waals surface area contributed by atoms with Gasteiger partial charge in [-0.3, -0.25) is 9.10 Å². The lowest BCUT2D eigenvalue weighted by atomic mass is 10.1. The van der Waals surface area contributed by atoms with E-state index in [1.165, 1.54) is 30.7 Å². The Hall–Kier alpha value is -3.04. The first kappa shape index (κ1) is 25.6. The van der Waals surface area contributed by atoms with Crippen molar-refractivity contribution in [3.8, 4) is 11.5 Å². The van der Waals surface area contributed by atoms with E-state index in [1.54, 1.807) is 0 Å². The number of carbonyl (C=O) groups is 1. The van der Waals surface area contributed by atoms with E-state index in [4.69, 9.17) is 9.47 Å². The Labute approximate surface area is 208 Å². The van der Waals surface area contributed by atoms with Crippen molar-refractivity contribution in [2.45, 2.75) is 19.5 Å². The first-order chi connectivity index (χ1) is 16.1. The van der Waals surface area contributed by atoms with Crippen molar-refractivity contribution in [2.24, 2.45) is 0 Å². The van der Waals surface area contributed by atoms with Gasteiger partial charge in [-0.1, -0.05) is 58.4 Å². The number of ether oxygens (including phenoxy) is 2. The zero-order valence-corrected chi connectivity index (χ0v) is 21.8. The van der Waals surface area contributed by atoms with Crippen molar-refractivity contribution < 1.29 is 22.7 Å². The Bertz CT molecular complexity index is 1250. The van der Waals surface area contributed by atoms with E-state index in [-0.39, 0.29) is 23.8 Å². The summed E-state index contributed by atoms with van der Waals surface area (Å²) in [4.78, 5) is 13.4. The summed E-state index contributed by atoms with van der Waals surface area (Å²) in [6.07, 6.45) is 1.11. The van der Waals surface area contributed by atoms with E-state index >= 15 is 0 Å². The first-order valence-electron chi connectivity index (χ1n) is 10.5. The second-order valence-corrected chi connectivity index (χ2v) is 10.5. The van der Waals surface area contributed by atoms with E-state index < -0.39 is 15.9 Å². The predicted octanol–water partition coefficient (Wildman–Crippen LogP) is 4.92. The smallest absolute Gasteiger partial charge is 0.254 e. The molecule has 0 unspecified atom stereocenters. The second kappa shape index (κ2) is 10.9. The van der Waals surface area contributed by atoms with Gasteiger partial charge in [0.2, 0.25) is 10.0 Å². The molecule has 180 valence electrons. The molecule has 7 nitrogen and oxygen atoms in total. The molecule has 0 aliphatic rings. The van der Waals surface area contributed by atoms with Crippen LogP contribution in [0, 0.1) is 0 Å². The Morgan fingerprint density at radius 3 is 2.15 bits per heavy atom. The number of amides is 1. The Kier molecular flexibility index (Phi) is 8.22. The van der Waals surface area contributed by atoms with Crippen LogP contribution in [0.1, 0.15) is 34.5 Å². The molecule has 34 heavy (non-hydrogen) atoms. The molecule has 0 aliphatic carbocycles. The normalized spacial score (nSPS) is 12.0. The van der Waals surface area contributed by atoms with Crippen LogP contribution in [0.4, 0.5) is 5.69 Å². The van der Waals surface area contributed by atoms with Crippen LogP contribution in [0.15, 0.2) is 71.2 Å². The van der Waals surface area contributed by atoms with Crippen molar-refractivity contribution in [3.05, 3.63) is 87.9 Å². The van der Waals surface area contributed by atoms with Crippen LogP contribution in [-0.4, -0.2) is 34.8 Å². The number of rotatable bonds is 9. The van der Waals surface area contributed by atoms with Crippen molar-refractivity contribution >= 4 is 37.5 Å². The maximum Gasteiger partial charge on any atom is 0.254 e. The molecule has 1 amide bonds. The molecule has 1 atom stereocenters. The van der Waals surface area contributed by atoms with E-state index in [9.17, 15) is 13.2 Å². The lowest BCUT2D eigenvalue weighted by Crippen LogP contribution is -2.33. The number of nitrogens with zero attached hydrogens (tertiary/aromatic N) is 1. The van der Waals surface area contributed by atoms with E-state index in [1.807, 2.05) is 61.5 Å². The summed E-state index contributed by atoms with van der Waals surface area (Å²) in [5, 5.41) is 2.96. The molecule has 3 rings (SSSR count). The minimum atomic E-state index is -3.75. The van der Waals surface area contributed by atoms with Crippen LogP contribution in [-0.2, 0) is 16.6 Å². The lowest BCUT2D eigenvalue weighted by Gasteiger charge is -2.26. The minimum absolute atomic E-state index is 0.0533. The van der Waals surface area contributed by atoms with Crippen molar-refractivity contribution in [1.82, 2.24) is 5.32 Å². The number of methoxy groups -OCH3 is 2. The van der Waals surface area contributed by atoms with Crippen molar-refractivity contribution in [3.63, 3.8) is 0 Å². The first-order valence-corrected chi connectivity index (χ1v) is 13.1. The maximum absolute atomic E-state index is 13.4. The molecule has 1 N–H and O–H groups in total. The number of hydrogen-bond acceptors (Lipinski definition) is 5. The highest BCUT2D eigenvalue weighted by Crippen LogP contribution is 2.37. The monoisotopic (exact) mass is 546 g/mol. The summed E-state index contributed by atoms with van der Waals surface area (Å²) >= 11 is 3.41. The Morgan fingerprint density at radius 1 is 1.00 bits per heavy atom. The highest BCUT2D eigenvalue weighted by Gasteiger charge is 2.27. The highest BCUT2D eigenvalue weighted by atomic mass is 79.9. The molecule has 0 bridgehead atoms. The molecular formula is C25H27BrN2O5S. The Balaban J connectivity index is 2.07. The van der Waals surface area contributed by atoms with E-state index in [0.29, 0.717) is 11.5 Å². The van der Waals surface area contributed by atoms with Crippen LogP contribution in [0.3, 0.4) is 0 Å². The zero-order chi connectivity index (χ0) is 24.9. The highest BCUT2D eigenvalue weighted by molar-refractivity contribution is 9.10. The van der Waals surface area contributed by atoms with Gasteiger partial charge in [0.25, 0.3) is 5.91 Å². The number of benzene rings is 3. The van der Waals surface area contributed by atoms with Gasteiger partial charge in [-0.2, -0.15) is 0 Å². The van der Waals surface area contributed by atoms with Crippen LogP contribution in [0.2, 0.25) is 0 Å². The largest absolute Gasteiger partial charge is 0.493 e. The average molecular weight is 547 g/mol. The van der Waals surface area contributed by atoms with Crippen LogP contribution < -0.4 is 19.1 Å². The fourth-order valence-electron chi connectivity index (χ4n) is 3.50. The van der Waals surface area contributed by atoms with E-state index in [0.717, 1.165) is 21.9 Å². The van der Waals surface area contributed by atoms with Gasteiger partial charge in [-0.25, -0.2) is 8.42 Å². The molecule has 0 fully saturated rings. The third-order valence-corrected chi connectivity index (χ3v) is 6.96. The molecule has 0 aromatic heterocycles. The van der Waals surface area contributed by atoms with Crippen LogP contribution >= 0.6 is 15.9 Å². The summed E-state index contributed by atoms with van der Waals surface area (Å²) in [6.45, 7) is 1.91. The topological polar surface area (TPSA) is 84.9 Å². The summed E-state index contributed by atoms with van der Waals surface area (Å²) in [6, 6.07) is 19.5. The SMILES string of the molecule is COc1cc(C(=O)N[C@H](C)c2ccc(Br)cc2)c(N(Cc2ccccc2)S(C)(=O)=O)cc1OC. The average Bonchev–Trinajstić information content (AvgIpc) is 2.82. The summed E-state index contributed by atoms with van der Waals surface area (Å²) < 4.78 is 38.6.